The van der Waals surface area contributed by atoms with Crippen molar-refractivity contribution in [3.05, 3.63) is 47.8 Å². The molecule has 1 atom stereocenters. The number of amides is 1. The summed E-state index contributed by atoms with van der Waals surface area (Å²) in [4.78, 5) is 19.7. The Hall–Kier alpha value is -2.93. The van der Waals surface area contributed by atoms with Crippen LogP contribution in [-0.2, 0) is 7.05 Å². The van der Waals surface area contributed by atoms with E-state index in [1.54, 1.807) is 10.7 Å². The molecule has 0 bridgehead atoms. The first kappa shape index (κ1) is 17.2. The first-order valence-electron chi connectivity index (χ1n) is 9.83. The van der Waals surface area contributed by atoms with Gasteiger partial charge in [-0.1, -0.05) is 6.07 Å². The number of carbonyl (C=O) groups is 1. The van der Waals surface area contributed by atoms with Gasteiger partial charge in [0.05, 0.1) is 5.52 Å². The van der Waals surface area contributed by atoms with Crippen LogP contribution in [-0.4, -0.2) is 39.8 Å². The molecule has 0 unspecified atom stereocenters. The summed E-state index contributed by atoms with van der Waals surface area (Å²) in [6.45, 7) is 1.66. The largest absolute Gasteiger partial charge is 0.355 e. The number of nitrogens with one attached hydrogen (secondary N) is 1. The minimum Gasteiger partial charge on any atom is -0.355 e. The van der Waals surface area contributed by atoms with E-state index >= 15 is 0 Å². The van der Waals surface area contributed by atoms with Crippen molar-refractivity contribution >= 4 is 28.3 Å². The third-order valence-electron chi connectivity index (χ3n) is 5.57. The first-order valence-corrected chi connectivity index (χ1v) is 9.83. The molecule has 1 aromatic carbocycles. The quantitative estimate of drug-likeness (QED) is 0.731. The molecule has 1 saturated carbocycles. The minimum absolute atomic E-state index is 0.173. The number of hydrogen-bond donors (Lipinski definition) is 2. The maximum atomic E-state index is 12.9. The minimum atomic E-state index is -0.185. The van der Waals surface area contributed by atoms with E-state index < -0.39 is 0 Å². The molecule has 0 radical (unpaired) electrons. The smallest absolute Gasteiger partial charge is 0.274 e. The van der Waals surface area contributed by atoms with Crippen LogP contribution in [0, 0.1) is 0 Å². The van der Waals surface area contributed by atoms with Gasteiger partial charge in [0, 0.05) is 43.4 Å². The van der Waals surface area contributed by atoms with E-state index in [1.165, 1.54) is 5.56 Å². The number of rotatable bonds is 4. The molecule has 5 rings (SSSR count). The van der Waals surface area contributed by atoms with E-state index in [1.807, 2.05) is 31.4 Å². The molecule has 2 aliphatic rings. The number of aryl methyl sites for hydroxylation is 1. The molecule has 0 spiro atoms. The number of pyridine rings is 1. The lowest BCUT2D eigenvalue weighted by atomic mass is 10.1. The Morgan fingerprint density at radius 1 is 1.25 bits per heavy atom. The second-order valence-corrected chi connectivity index (χ2v) is 7.91. The normalized spacial score (nSPS) is 19.4. The summed E-state index contributed by atoms with van der Waals surface area (Å²) in [5.74, 6) is 1.13. The SMILES string of the molecule is Cn1cc2cc(NC(=O)c3cccc(N4CC[C@H](N)C4)n3)c(C3CC3)cc2n1. The fraction of sp³-hybridized carbons (Fsp3) is 0.381. The molecule has 3 N–H and O–H groups in total. The average Bonchev–Trinajstić information content (AvgIpc) is 3.33. The number of nitrogens with zero attached hydrogens (tertiary/aromatic N) is 4. The van der Waals surface area contributed by atoms with E-state index in [-0.39, 0.29) is 11.9 Å². The topological polar surface area (TPSA) is 89.1 Å². The van der Waals surface area contributed by atoms with E-state index in [4.69, 9.17) is 5.73 Å². The average molecular weight is 376 g/mol. The van der Waals surface area contributed by atoms with Crippen molar-refractivity contribution in [2.75, 3.05) is 23.3 Å². The Morgan fingerprint density at radius 2 is 2.11 bits per heavy atom. The fourth-order valence-corrected chi connectivity index (χ4v) is 3.96. The summed E-state index contributed by atoms with van der Waals surface area (Å²) < 4.78 is 1.80. The summed E-state index contributed by atoms with van der Waals surface area (Å²) in [6, 6.07) is 9.88. The van der Waals surface area contributed by atoms with Gasteiger partial charge in [-0.15, -0.1) is 0 Å². The van der Waals surface area contributed by atoms with Crippen molar-refractivity contribution in [3.63, 3.8) is 0 Å². The Kier molecular flexibility index (Phi) is 4.05. The first-order chi connectivity index (χ1) is 13.6. The maximum Gasteiger partial charge on any atom is 0.274 e. The van der Waals surface area contributed by atoms with Crippen molar-refractivity contribution in [2.24, 2.45) is 12.8 Å². The molecule has 7 heteroatoms. The van der Waals surface area contributed by atoms with Crippen LogP contribution < -0.4 is 16.0 Å². The number of hydrogen-bond acceptors (Lipinski definition) is 5. The highest BCUT2D eigenvalue weighted by Crippen LogP contribution is 2.44. The van der Waals surface area contributed by atoms with Crippen LogP contribution in [0.15, 0.2) is 36.5 Å². The molecule has 1 amide bonds. The van der Waals surface area contributed by atoms with Crippen molar-refractivity contribution in [3.8, 4) is 0 Å². The summed E-state index contributed by atoms with van der Waals surface area (Å²) in [7, 11) is 1.91. The Bertz CT molecular complexity index is 1050. The van der Waals surface area contributed by atoms with Crippen LogP contribution in [0.5, 0.6) is 0 Å². The van der Waals surface area contributed by atoms with E-state index in [0.29, 0.717) is 11.6 Å². The third kappa shape index (κ3) is 3.22. The van der Waals surface area contributed by atoms with Crippen molar-refractivity contribution in [1.29, 1.82) is 0 Å². The second kappa shape index (κ2) is 6.60. The molecule has 144 valence electrons. The lowest BCUT2D eigenvalue weighted by Gasteiger charge is -2.17. The molecular weight excluding hydrogens is 352 g/mol. The number of nitrogens with two attached hydrogens (primary N) is 1. The van der Waals surface area contributed by atoms with Gasteiger partial charge in [-0.2, -0.15) is 5.10 Å². The second-order valence-electron chi connectivity index (χ2n) is 7.91. The van der Waals surface area contributed by atoms with Crippen LogP contribution in [0.3, 0.4) is 0 Å². The molecule has 2 aromatic heterocycles. The van der Waals surface area contributed by atoms with Crippen molar-refractivity contribution < 1.29 is 4.79 Å². The van der Waals surface area contributed by atoms with Gasteiger partial charge < -0.3 is 16.0 Å². The molecule has 28 heavy (non-hydrogen) atoms. The highest BCUT2D eigenvalue weighted by atomic mass is 16.1. The van der Waals surface area contributed by atoms with E-state index in [0.717, 1.165) is 54.8 Å². The van der Waals surface area contributed by atoms with E-state index in [9.17, 15) is 4.79 Å². The van der Waals surface area contributed by atoms with Gasteiger partial charge in [-0.05, 0) is 55.0 Å². The number of benzene rings is 1. The highest BCUT2D eigenvalue weighted by molar-refractivity contribution is 6.04. The van der Waals surface area contributed by atoms with Crippen LogP contribution in [0.2, 0.25) is 0 Å². The Balaban J connectivity index is 1.43. The number of carbonyl (C=O) groups excluding carboxylic acids is 1. The Labute approximate surface area is 163 Å². The van der Waals surface area contributed by atoms with Gasteiger partial charge in [0.15, 0.2) is 0 Å². The molecule has 3 aromatic rings. The summed E-state index contributed by atoms with van der Waals surface area (Å²) in [5.41, 5.74) is 9.42. The van der Waals surface area contributed by atoms with Crippen LogP contribution in [0.4, 0.5) is 11.5 Å². The molecule has 3 heterocycles. The highest BCUT2D eigenvalue weighted by Gasteiger charge is 2.28. The predicted molar refractivity (Wildman–Crippen MR) is 110 cm³/mol. The maximum absolute atomic E-state index is 12.9. The number of anilines is 2. The molecule has 2 fully saturated rings. The lowest BCUT2D eigenvalue weighted by Crippen LogP contribution is -2.27. The van der Waals surface area contributed by atoms with Crippen LogP contribution in [0.25, 0.3) is 10.9 Å². The summed E-state index contributed by atoms with van der Waals surface area (Å²) in [6.07, 6.45) is 5.24. The third-order valence-corrected chi connectivity index (χ3v) is 5.57. The number of aromatic nitrogens is 3. The van der Waals surface area contributed by atoms with Gasteiger partial charge in [0.25, 0.3) is 5.91 Å². The monoisotopic (exact) mass is 376 g/mol. The molecule has 1 aliphatic carbocycles. The molecule has 1 aliphatic heterocycles. The molecule has 7 nitrogen and oxygen atoms in total. The zero-order valence-electron chi connectivity index (χ0n) is 15.9. The van der Waals surface area contributed by atoms with Crippen molar-refractivity contribution in [1.82, 2.24) is 14.8 Å². The van der Waals surface area contributed by atoms with Crippen molar-refractivity contribution in [2.45, 2.75) is 31.2 Å². The van der Waals surface area contributed by atoms with Crippen LogP contribution >= 0.6 is 0 Å². The van der Waals surface area contributed by atoms with Gasteiger partial charge in [-0.25, -0.2) is 4.98 Å². The Morgan fingerprint density at radius 3 is 2.86 bits per heavy atom. The van der Waals surface area contributed by atoms with Gasteiger partial charge >= 0.3 is 0 Å². The fourth-order valence-electron chi connectivity index (χ4n) is 3.96. The standard InChI is InChI=1S/C21H24N6O/c1-26-11-14-9-19(16(13-5-6-13)10-18(14)25-26)24-21(28)17-3-2-4-20(23-17)27-8-7-15(22)12-27/h2-4,9-11,13,15H,5-8,12,22H2,1H3,(H,24,28)/t15-/m0/s1. The zero-order chi connectivity index (χ0) is 19.3. The summed E-state index contributed by atoms with van der Waals surface area (Å²) >= 11 is 0. The van der Waals surface area contributed by atoms with E-state index in [2.05, 4.69) is 26.4 Å². The van der Waals surface area contributed by atoms with Gasteiger partial charge in [0.2, 0.25) is 0 Å². The van der Waals surface area contributed by atoms with Crippen LogP contribution in [0.1, 0.15) is 41.2 Å². The summed E-state index contributed by atoms with van der Waals surface area (Å²) in [5, 5.41) is 8.62. The predicted octanol–water partition coefficient (Wildman–Crippen LogP) is 2.64. The molecule has 1 saturated heterocycles. The lowest BCUT2D eigenvalue weighted by molar-refractivity contribution is 0.102. The zero-order valence-corrected chi connectivity index (χ0v) is 15.9. The van der Waals surface area contributed by atoms with Gasteiger partial charge in [0.1, 0.15) is 11.5 Å². The molecular formula is C21H24N6O. The number of fused-ring (bicyclic) bond motifs is 1. The van der Waals surface area contributed by atoms with Gasteiger partial charge in [-0.3, -0.25) is 9.48 Å².